The molecule has 0 saturated heterocycles. The first-order valence-electron chi connectivity index (χ1n) is 6.03. The minimum Gasteiger partial charge on any atom is -0.369 e. The summed E-state index contributed by atoms with van der Waals surface area (Å²) in [6.07, 6.45) is 5.59. The van der Waals surface area contributed by atoms with Crippen molar-refractivity contribution in [2.24, 2.45) is 18.7 Å². The second-order valence-electron chi connectivity index (χ2n) is 4.68. The van der Waals surface area contributed by atoms with E-state index < -0.39 is 0 Å². The number of amides is 1. The zero-order valence-electron chi connectivity index (χ0n) is 10.1. The molecule has 1 aliphatic carbocycles. The molecule has 1 amide bonds. The monoisotopic (exact) mass is 237 g/mol. The highest BCUT2D eigenvalue weighted by atomic mass is 16.1. The van der Waals surface area contributed by atoms with Crippen LogP contribution in [-0.2, 0) is 18.4 Å². The molecule has 0 radical (unpaired) electrons. The quantitative estimate of drug-likeness (QED) is 0.768. The van der Waals surface area contributed by atoms with Gasteiger partial charge in [-0.15, -0.1) is 5.10 Å². The Kier molecular flexibility index (Phi) is 3.73. The molecule has 3 N–H and O–H groups in total. The second kappa shape index (κ2) is 5.27. The first-order valence-corrected chi connectivity index (χ1v) is 6.03. The molecule has 6 nitrogen and oxygen atoms in total. The molecule has 1 aromatic rings. The van der Waals surface area contributed by atoms with E-state index in [2.05, 4.69) is 15.6 Å². The Morgan fingerprint density at radius 3 is 2.76 bits per heavy atom. The Bertz CT molecular complexity index is 381. The van der Waals surface area contributed by atoms with Crippen LogP contribution >= 0.6 is 0 Å². The summed E-state index contributed by atoms with van der Waals surface area (Å²) in [4.78, 5) is 11.0. The number of hydrogen-bond acceptors (Lipinski definition) is 4. The second-order valence-corrected chi connectivity index (χ2v) is 4.68. The zero-order chi connectivity index (χ0) is 12.3. The number of carbonyl (C=O) groups excluding carboxylic acids is 1. The van der Waals surface area contributed by atoms with Crippen LogP contribution in [0, 0.1) is 5.92 Å². The van der Waals surface area contributed by atoms with Crippen molar-refractivity contribution in [1.29, 1.82) is 0 Å². The highest BCUT2D eigenvalue weighted by Gasteiger charge is 2.24. The van der Waals surface area contributed by atoms with Gasteiger partial charge in [-0.1, -0.05) is 5.21 Å². The molecular weight excluding hydrogens is 218 g/mol. The van der Waals surface area contributed by atoms with Gasteiger partial charge in [0.1, 0.15) is 0 Å². The Morgan fingerprint density at radius 1 is 1.53 bits per heavy atom. The first kappa shape index (κ1) is 12.0. The van der Waals surface area contributed by atoms with Crippen LogP contribution in [0.2, 0.25) is 0 Å². The smallest absolute Gasteiger partial charge is 0.220 e. The maximum Gasteiger partial charge on any atom is 0.220 e. The van der Waals surface area contributed by atoms with Crippen molar-refractivity contribution < 1.29 is 4.79 Å². The lowest BCUT2D eigenvalue weighted by molar-refractivity contribution is -0.122. The molecule has 0 aliphatic heterocycles. The molecule has 1 aliphatic rings. The van der Waals surface area contributed by atoms with E-state index >= 15 is 0 Å². The maximum absolute atomic E-state index is 11.0. The fraction of sp³-hybridized carbons (Fsp3) is 0.727. The van der Waals surface area contributed by atoms with Gasteiger partial charge in [-0.2, -0.15) is 0 Å². The van der Waals surface area contributed by atoms with Gasteiger partial charge in [-0.3, -0.25) is 9.48 Å². The fourth-order valence-electron chi connectivity index (χ4n) is 2.30. The van der Waals surface area contributed by atoms with E-state index in [4.69, 9.17) is 5.73 Å². The zero-order valence-corrected chi connectivity index (χ0v) is 10.1. The number of rotatable bonds is 4. The summed E-state index contributed by atoms with van der Waals surface area (Å²) in [5, 5.41) is 11.2. The number of nitrogens with two attached hydrogens (primary N) is 1. The lowest BCUT2D eigenvalue weighted by Crippen LogP contribution is -2.36. The Hall–Kier alpha value is -1.43. The van der Waals surface area contributed by atoms with Crippen molar-refractivity contribution in [2.75, 3.05) is 0 Å². The topological polar surface area (TPSA) is 85.8 Å². The molecule has 0 unspecified atom stereocenters. The van der Waals surface area contributed by atoms with Crippen molar-refractivity contribution in [3.05, 3.63) is 11.9 Å². The Morgan fingerprint density at radius 2 is 2.24 bits per heavy atom. The lowest BCUT2D eigenvalue weighted by Gasteiger charge is -2.27. The average molecular weight is 237 g/mol. The number of nitrogens with one attached hydrogen (secondary N) is 1. The van der Waals surface area contributed by atoms with Crippen LogP contribution in [0.3, 0.4) is 0 Å². The summed E-state index contributed by atoms with van der Waals surface area (Å²) in [5.41, 5.74) is 6.38. The summed E-state index contributed by atoms with van der Waals surface area (Å²) >= 11 is 0. The van der Waals surface area contributed by atoms with E-state index in [0.29, 0.717) is 6.04 Å². The SMILES string of the molecule is Cn1nncc1CNC1CCC(C(N)=O)CC1. The molecule has 0 atom stereocenters. The third kappa shape index (κ3) is 3.03. The summed E-state index contributed by atoms with van der Waals surface area (Å²) in [6, 6.07) is 0.473. The fourth-order valence-corrected chi connectivity index (χ4v) is 2.30. The van der Waals surface area contributed by atoms with Crippen LogP contribution in [0.4, 0.5) is 0 Å². The minimum absolute atomic E-state index is 0.0754. The number of aryl methyl sites for hydroxylation is 1. The summed E-state index contributed by atoms with van der Waals surface area (Å²) in [7, 11) is 1.88. The van der Waals surface area contributed by atoms with E-state index in [-0.39, 0.29) is 11.8 Å². The molecule has 1 aromatic heterocycles. The molecule has 0 aromatic carbocycles. The summed E-state index contributed by atoms with van der Waals surface area (Å²) in [5.74, 6) is -0.0781. The van der Waals surface area contributed by atoms with Crippen LogP contribution in [0.1, 0.15) is 31.4 Å². The van der Waals surface area contributed by atoms with Gasteiger partial charge < -0.3 is 11.1 Å². The van der Waals surface area contributed by atoms with Crippen LogP contribution < -0.4 is 11.1 Å². The number of aromatic nitrogens is 3. The number of hydrogen-bond donors (Lipinski definition) is 2. The van der Waals surface area contributed by atoms with Gasteiger partial charge in [0.2, 0.25) is 5.91 Å². The molecule has 94 valence electrons. The van der Waals surface area contributed by atoms with Crippen molar-refractivity contribution in [3.63, 3.8) is 0 Å². The van der Waals surface area contributed by atoms with E-state index in [1.807, 2.05) is 7.05 Å². The van der Waals surface area contributed by atoms with Gasteiger partial charge in [0.15, 0.2) is 0 Å². The maximum atomic E-state index is 11.0. The van der Waals surface area contributed by atoms with Crippen molar-refractivity contribution in [1.82, 2.24) is 20.3 Å². The van der Waals surface area contributed by atoms with E-state index in [9.17, 15) is 4.79 Å². The summed E-state index contributed by atoms with van der Waals surface area (Å²) in [6.45, 7) is 0.773. The molecule has 17 heavy (non-hydrogen) atoms. The third-order valence-electron chi connectivity index (χ3n) is 3.51. The number of primary amides is 1. The molecule has 0 bridgehead atoms. The van der Waals surface area contributed by atoms with Crippen molar-refractivity contribution in [3.8, 4) is 0 Å². The number of nitrogens with zero attached hydrogens (tertiary/aromatic N) is 3. The number of carbonyl (C=O) groups is 1. The van der Waals surface area contributed by atoms with E-state index in [0.717, 1.165) is 37.9 Å². The molecule has 6 heteroatoms. The normalized spacial score (nSPS) is 24.8. The Labute approximate surface area is 101 Å². The van der Waals surface area contributed by atoms with E-state index in [1.54, 1.807) is 10.9 Å². The lowest BCUT2D eigenvalue weighted by atomic mass is 9.85. The molecule has 2 rings (SSSR count). The largest absolute Gasteiger partial charge is 0.369 e. The standard InChI is InChI=1S/C11H19N5O/c1-16-10(7-14-15-16)6-13-9-4-2-8(3-5-9)11(12)17/h7-9,13H,2-6H2,1H3,(H2,12,17). The van der Waals surface area contributed by atoms with Gasteiger partial charge >= 0.3 is 0 Å². The molecule has 0 spiro atoms. The highest BCUT2D eigenvalue weighted by molar-refractivity contribution is 5.76. The predicted octanol–water partition coefficient (Wildman–Crippen LogP) is -0.0512. The average Bonchev–Trinajstić information content (AvgIpc) is 2.73. The van der Waals surface area contributed by atoms with Crippen molar-refractivity contribution in [2.45, 2.75) is 38.3 Å². The molecule has 1 heterocycles. The predicted molar refractivity (Wildman–Crippen MR) is 62.8 cm³/mol. The van der Waals surface area contributed by atoms with E-state index in [1.165, 1.54) is 0 Å². The van der Waals surface area contributed by atoms with Crippen LogP contribution in [0.15, 0.2) is 6.20 Å². The highest BCUT2D eigenvalue weighted by Crippen LogP contribution is 2.23. The van der Waals surface area contributed by atoms with Gasteiger partial charge in [-0.05, 0) is 25.7 Å². The van der Waals surface area contributed by atoms with Crippen LogP contribution in [0.25, 0.3) is 0 Å². The van der Waals surface area contributed by atoms with Crippen LogP contribution in [-0.4, -0.2) is 26.9 Å². The minimum atomic E-state index is -0.153. The Balaban J connectivity index is 1.75. The molecule has 1 saturated carbocycles. The van der Waals surface area contributed by atoms with Gasteiger partial charge in [0.05, 0.1) is 11.9 Å². The summed E-state index contributed by atoms with van der Waals surface area (Å²) < 4.78 is 1.77. The van der Waals surface area contributed by atoms with Crippen molar-refractivity contribution >= 4 is 5.91 Å². The third-order valence-corrected chi connectivity index (χ3v) is 3.51. The van der Waals surface area contributed by atoms with Gasteiger partial charge in [-0.25, -0.2) is 0 Å². The van der Waals surface area contributed by atoms with Crippen LogP contribution in [0.5, 0.6) is 0 Å². The van der Waals surface area contributed by atoms with Gasteiger partial charge in [0.25, 0.3) is 0 Å². The first-order chi connectivity index (χ1) is 8.16. The van der Waals surface area contributed by atoms with Gasteiger partial charge in [0, 0.05) is 25.6 Å². The molecular formula is C11H19N5O. The molecule has 1 fully saturated rings.